The van der Waals surface area contributed by atoms with E-state index < -0.39 is 59.4 Å². The number of carboxylic acids is 2. The van der Waals surface area contributed by atoms with Crippen molar-refractivity contribution < 1.29 is 89.8 Å². The number of aromatic carboxylic acids is 2. The van der Waals surface area contributed by atoms with E-state index in [1.165, 1.54) is 186 Å². The molecule has 14 aromatic rings. The molecule has 7 heterocycles. The summed E-state index contributed by atoms with van der Waals surface area (Å²) in [7, 11) is 2.64. The fourth-order valence-corrected chi connectivity index (χ4v) is 10.7. The molecular formula is C89H61BCl4F7N13O12. The smallest absolute Gasteiger partial charge is 0.488 e. The monoisotopic (exact) mass is 1790 g/mol. The molecule has 0 aliphatic rings. The van der Waals surface area contributed by atoms with Crippen molar-refractivity contribution in [1.29, 1.82) is 26.3 Å². The van der Waals surface area contributed by atoms with Crippen LogP contribution in [0.15, 0.2) is 256 Å². The Morgan fingerprint density at radius 3 is 0.825 bits per heavy atom. The van der Waals surface area contributed by atoms with Crippen LogP contribution in [-0.2, 0) is 9.53 Å². The number of carbonyl (C=O) groups is 3. The Labute approximate surface area is 733 Å². The van der Waals surface area contributed by atoms with E-state index in [1.807, 2.05) is 30.3 Å². The van der Waals surface area contributed by atoms with Crippen molar-refractivity contribution >= 4 is 76.9 Å². The van der Waals surface area contributed by atoms with Crippen molar-refractivity contribution in [2.24, 2.45) is 5.73 Å². The van der Waals surface area contributed by atoms with Gasteiger partial charge < -0.3 is 50.4 Å². The number of hydrogen-bond acceptors (Lipinski definition) is 23. The Bertz CT molecular complexity index is 6080. The number of carbonyl (C=O) groups excluding carboxylic acids is 1. The Morgan fingerprint density at radius 1 is 0.357 bits per heavy atom. The van der Waals surface area contributed by atoms with Crippen molar-refractivity contribution in [1.82, 2.24) is 34.9 Å². The highest BCUT2D eigenvalue weighted by Crippen LogP contribution is 2.32. The number of pyridine rings is 7. The number of aromatic hydroxyl groups is 2. The molecule has 0 amide bonds. The Balaban J connectivity index is 0.000000222. The molecule has 8 N–H and O–H groups in total. The first-order chi connectivity index (χ1) is 60.3. The van der Waals surface area contributed by atoms with E-state index in [0.717, 1.165) is 6.07 Å². The number of esters is 1. The summed E-state index contributed by atoms with van der Waals surface area (Å²) in [6.45, 7) is -0.0312. The van der Waals surface area contributed by atoms with Crippen LogP contribution in [0.1, 0.15) is 49.4 Å². The summed E-state index contributed by atoms with van der Waals surface area (Å²) in [6.07, 6.45) is 9.98. The molecule has 14 rings (SSSR count). The third-order valence-electron chi connectivity index (χ3n) is 15.8. The van der Waals surface area contributed by atoms with Crippen LogP contribution in [0.25, 0.3) is 66.8 Å². The molecule has 0 aliphatic heterocycles. The zero-order valence-corrected chi connectivity index (χ0v) is 68.3. The average Bonchev–Trinajstić information content (AvgIpc) is 0.889. The Morgan fingerprint density at radius 2 is 0.611 bits per heavy atom. The average molecular weight is 1790 g/mol. The minimum absolute atomic E-state index is 0.0312. The molecule has 25 nitrogen and oxygen atoms in total. The Kier molecular flexibility index (Phi) is 39.7. The molecule has 7 aromatic heterocycles. The van der Waals surface area contributed by atoms with Crippen LogP contribution < -0.4 is 20.7 Å². The normalized spacial score (nSPS) is 9.68. The van der Waals surface area contributed by atoms with Gasteiger partial charge in [0.25, 0.3) is 0 Å². The zero-order chi connectivity index (χ0) is 92.5. The summed E-state index contributed by atoms with van der Waals surface area (Å²) in [5, 5.41) is 97.9. The van der Waals surface area contributed by atoms with Crippen molar-refractivity contribution in [3.8, 4) is 120 Å². The predicted molar refractivity (Wildman–Crippen MR) is 453 cm³/mol. The number of methoxy groups -OCH3 is 3. The standard InChI is InChI=1S/2C13H9FN2O.2C12H6ClFN2.2C12H8FNO3.C6H6BFO2.C6H2Cl2N2.C3H7NO2/c2*1-17-13-6-10(8-16-12(13)7-15)9-3-2-4-11(14)5-9;2*13-11-5-9(7-16-12(11)6-15)8-2-1-3-10(14)4-8;2*13-9-3-1-2-7(4-9)8-5-10(15)11(12(16)17)14-6-8;8-6-3-1-2-5(4-6)7(9)10;7-4-1-5(8)6(2-9)10-3-4;1-6-3(5)2-4/h2*2-6,8H,1H3;2*1-5,7H;2*1-6,15H,(H,16,17);1-4,9-10H;1,3H;2,4H2,1H3. The summed E-state index contributed by atoms with van der Waals surface area (Å²) in [6, 6.07) is 61.1. The Hall–Kier alpha value is -15.7. The minimum Gasteiger partial charge on any atom is -0.505 e. The fraction of sp³-hybridized carbons (Fsp3) is 0.0449. The van der Waals surface area contributed by atoms with Gasteiger partial charge in [-0.3, -0.25) is 4.79 Å². The number of halogens is 11. The van der Waals surface area contributed by atoms with Gasteiger partial charge in [-0.25, -0.2) is 75.2 Å². The lowest BCUT2D eigenvalue weighted by Crippen LogP contribution is -2.29. The highest BCUT2D eigenvalue weighted by molar-refractivity contribution is 6.58. The first-order valence-electron chi connectivity index (χ1n) is 35.3. The lowest BCUT2D eigenvalue weighted by molar-refractivity contribution is -0.138. The van der Waals surface area contributed by atoms with Crippen molar-refractivity contribution in [3.63, 3.8) is 0 Å². The van der Waals surface area contributed by atoms with Crippen LogP contribution in [0.3, 0.4) is 0 Å². The number of hydrogen-bond donors (Lipinski definition) is 7. The maximum atomic E-state index is 13.1. The highest BCUT2D eigenvalue weighted by Gasteiger charge is 2.17. The molecule has 0 saturated carbocycles. The number of carboxylic acid groups (broad SMARTS) is 2. The van der Waals surface area contributed by atoms with Gasteiger partial charge in [-0.05, 0) is 166 Å². The molecule has 634 valence electrons. The van der Waals surface area contributed by atoms with E-state index in [9.17, 15) is 55.3 Å². The number of nitrogens with zero attached hydrogens (tertiary/aromatic N) is 12. The molecule has 0 spiro atoms. The zero-order valence-electron chi connectivity index (χ0n) is 65.3. The van der Waals surface area contributed by atoms with E-state index in [-0.39, 0.29) is 84.8 Å². The second kappa shape index (κ2) is 50.5. The van der Waals surface area contributed by atoms with Crippen LogP contribution >= 0.6 is 46.4 Å². The van der Waals surface area contributed by atoms with Gasteiger partial charge in [0.2, 0.25) is 0 Å². The second-order valence-corrected chi connectivity index (χ2v) is 25.9. The first-order valence-corrected chi connectivity index (χ1v) is 36.8. The van der Waals surface area contributed by atoms with Crippen molar-refractivity contribution in [3.05, 3.63) is 356 Å². The van der Waals surface area contributed by atoms with Gasteiger partial charge in [0, 0.05) is 76.8 Å². The maximum absolute atomic E-state index is 13.1. The van der Waals surface area contributed by atoms with E-state index in [0.29, 0.717) is 83.3 Å². The summed E-state index contributed by atoms with van der Waals surface area (Å²) >= 11 is 22.8. The second-order valence-electron chi connectivity index (χ2n) is 24.3. The molecule has 0 fully saturated rings. The van der Waals surface area contributed by atoms with Gasteiger partial charge in [-0.1, -0.05) is 131 Å². The van der Waals surface area contributed by atoms with Gasteiger partial charge in [-0.2, -0.15) is 26.3 Å². The molecule has 37 heteroatoms. The summed E-state index contributed by atoms with van der Waals surface area (Å²) in [4.78, 5) is 57.7. The molecule has 126 heavy (non-hydrogen) atoms. The molecule has 7 aromatic carbocycles. The molecule has 0 atom stereocenters. The number of aromatic nitrogens is 7. The topological polar surface area (TPSA) is 435 Å². The van der Waals surface area contributed by atoms with E-state index in [1.54, 1.807) is 84.9 Å². The third-order valence-corrected chi connectivity index (χ3v) is 16.9. The van der Waals surface area contributed by atoms with Crippen LogP contribution in [0.4, 0.5) is 30.7 Å². The number of rotatable bonds is 12. The third kappa shape index (κ3) is 31.4. The quantitative estimate of drug-likeness (QED) is 0.0339. The van der Waals surface area contributed by atoms with Crippen LogP contribution in [0.2, 0.25) is 20.1 Å². The lowest BCUT2D eigenvalue weighted by Gasteiger charge is -2.05. The fourth-order valence-electron chi connectivity index (χ4n) is 9.85. The van der Waals surface area contributed by atoms with Crippen molar-refractivity contribution in [2.45, 2.75) is 0 Å². The summed E-state index contributed by atoms with van der Waals surface area (Å²) in [5.41, 5.74) is 12.6. The molecule has 0 unspecified atom stereocenters. The van der Waals surface area contributed by atoms with Crippen LogP contribution in [0, 0.1) is 97.4 Å². The SMILES string of the molecule is COC(=O)CN.COc1cc(-c2cccc(F)c2)cnc1C#N.COc1cc(-c2cccc(F)c2)cnc1C#N.N#Cc1ncc(-c2cccc(F)c2)cc1Cl.N#Cc1ncc(-c2cccc(F)c2)cc1Cl.N#Cc1ncc(Cl)cc1Cl.O=C(O)c1ncc(-c2cccc(F)c2)cc1O.O=C(O)c1ncc(-c2cccc(F)c2)cc1O.OB(O)c1cccc(F)c1. The van der Waals surface area contributed by atoms with E-state index in [4.69, 9.17) is 108 Å². The van der Waals surface area contributed by atoms with E-state index in [2.05, 4.69) is 39.6 Å². The largest absolute Gasteiger partial charge is 0.505 e. The number of benzene rings is 7. The molecule has 0 saturated heterocycles. The number of nitrogens with two attached hydrogens (primary N) is 1. The van der Waals surface area contributed by atoms with Gasteiger partial charge in [0.1, 0.15) is 82.6 Å². The summed E-state index contributed by atoms with van der Waals surface area (Å²) in [5.74, 6) is -5.69. The van der Waals surface area contributed by atoms with Gasteiger partial charge in [-0.15, -0.1) is 0 Å². The maximum Gasteiger partial charge on any atom is 0.488 e. The van der Waals surface area contributed by atoms with Gasteiger partial charge >= 0.3 is 25.0 Å². The molecule has 0 radical (unpaired) electrons. The number of ether oxygens (including phenoxy) is 3. The first kappa shape index (κ1) is 99.1. The highest BCUT2D eigenvalue weighted by atomic mass is 35.5. The van der Waals surface area contributed by atoms with Crippen LogP contribution in [-0.4, -0.2) is 118 Å². The summed E-state index contributed by atoms with van der Waals surface area (Å²) < 4.78 is 105. The molecule has 0 bridgehead atoms. The van der Waals surface area contributed by atoms with E-state index >= 15 is 0 Å². The minimum atomic E-state index is -1.59. The number of nitriles is 5. The van der Waals surface area contributed by atoms with Crippen LogP contribution in [0.5, 0.6) is 23.0 Å². The van der Waals surface area contributed by atoms with Gasteiger partial charge in [0.05, 0.1) is 48.0 Å². The van der Waals surface area contributed by atoms with Crippen molar-refractivity contribution in [2.75, 3.05) is 27.9 Å². The lowest BCUT2D eigenvalue weighted by atomic mass is 9.80. The predicted octanol–water partition coefficient (Wildman–Crippen LogP) is 17.8. The molecule has 0 aliphatic carbocycles. The molecular weight excluding hydrogens is 1730 g/mol. The van der Waals surface area contributed by atoms with Gasteiger partial charge in [0.15, 0.2) is 51.4 Å².